The Bertz CT molecular complexity index is 647. The summed E-state index contributed by atoms with van der Waals surface area (Å²) in [5, 5.41) is 8.75. The summed E-state index contributed by atoms with van der Waals surface area (Å²) in [7, 11) is 0. The van der Waals surface area contributed by atoms with E-state index >= 15 is 0 Å². The zero-order chi connectivity index (χ0) is 27.9. The number of rotatable bonds is 19. The van der Waals surface area contributed by atoms with Crippen LogP contribution in [-0.4, -0.2) is 36.9 Å². The van der Waals surface area contributed by atoms with Crippen molar-refractivity contribution in [1.29, 1.82) is 0 Å². The lowest BCUT2D eigenvalue weighted by Crippen LogP contribution is -2.19. The third-order valence-electron chi connectivity index (χ3n) is 7.16. The minimum atomic E-state index is -0.444. The standard InChI is InChI=1S/C24H38O4.C8H18O/c1-5-9-13-19(7-3)17-27-23(25)21-15-11-12-16-22(21)24(26)28-18-20(8-4)14-10-6-2;1-3-5-6-8(4-2)7-9/h11-12,15-16,19-20H,5-10,13-14,17-18H2,1-4H3;8-9H,3-7H2,1-2H3. The van der Waals surface area contributed by atoms with Gasteiger partial charge in [0.25, 0.3) is 0 Å². The molecule has 0 amide bonds. The predicted octanol–water partition coefficient (Wildman–Crippen LogP) is 8.63. The Morgan fingerprint density at radius 1 is 0.649 bits per heavy atom. The summed E-state index contributed by atoms with van der Waals surface area (Å²) in [6, 6.07) is 6.77. The Balaban J connectivity index is 0.00000122. The number of aliphatic hydroxyl groups excluding tert-OH is 1. The van der Waals surface area contributed by atoms with Gasteiger partial charge >= 0.3 is 11.9 Å². The molecule has 0 radical (unpaired) electrons. The molecule has 0 heterocycles. The first-order valence-corrected chi connectivity index (χ1v) is 15.0. The van der Waals surface area contributed by atoms with Gasteiger partial charge in [0.05, 0.1) is 24.3 Å². The number of hydrogen-bond donors (Lipinski definition) is 1. The van der Waals surface area contributed by atoms with Crippen LogP contribution in [0.15, 0.2) is 24.3 Å². The molecule has 0 bridgehead atoms. The third-order valence-corrected chi connectivity index (χ3v) is 7.16. The summed E-state index contributed by atoms with van der Waals surface area (Å²) < 4.78 is 11.0. The molecule has 0 aliphatic heterocycles. The van der Waals surface area contributed by atoms with E-state index in [0.29, 0.717) is 48.7 Å². The van der Waals surface area contributed by atoms with Gasteiger partial charge < -0.3 is 14.6 Å². The van der Waals surface area contributed by atoms with E-state index in [1.165, 1.54) is 19.3 Å². The minimum Gasteiger partial charge on any atom is -0.462 e. The molecule has 214 valence electrons. The topological polar surface area (TPSA) is 72.8 Å². The Hall–Kier alpha value is -1.88. The van der Waals surface area contributed by atoms with E-state index < -0.39 is 11.9 Å². The summed E-state index contributed by atoms with van der Waals surface area (Å²) in [5.74, 6) is 0.407. The molecule has 0 aliphatic rings. The van der Waals surface area contributed by atoms with Crippen LogP contribution < -0.4 is 0 Å². The van der Waals surface area contributed by atoms with Gasteiger partial charge in [0.1, 0.15) is 0 Å². The molecule has 1 rings (SSSR count). The van der Waals surface area contributed by atoms with Crippen molar-refractivity contribution >= 4 is 11.9 Å². The number of ether oxygens (including phenoxy) is 2. The van der Waals surface area contributed by atoms with E-state index in [4.69, 9.17) is 14.6 Å². The lowest BCUT2D eigenvalue weighted by atomic mass is 10.0. The molecule has 0 saturated carbocycles. The molecule has 37 heavy (non-hydrogen) atoms. The average molecular weight is 521 g/mol. The number of unbranched alkanes of at least 4 members (excludes halogenated alkanes) is 3. The number of carbonyl (C=O) groups is 2. The van der Waals surface area contributed by atoms with E-state index in [2.05, 4.69) is 41.5 Å². The number of benzene rings is 1. The van der Waals surface area contributed by atoms with Crippen molar-refractivity contribution in [3.05, 3.63) is 35.4 Å². The molecular weight excluding hydrogens is 464 g/mol. The first-order valence-electron chi connectivity index (χ1n) is 15.0. The lowest BCUT2D eigenvalue weighted by Gasteiger charge is -2.17. The highest BCUT2D eigenvalue weighted by molar-refractivity contribution is 6.03. The van der Waals surface area contributed by atoms with E-state index in [1.807, 2.05) is 0 Å². The molecule has 0 fully saturated rings. The number of esters is 2. The van der Waals surface area contributed by atoms with Crippen molar-refractivity contribution in [1.82, 2.24) is 0 Å². The fourth-order valence-electron chi connectivity index (χ4n) is 4.10. The highest BCUT2D eigenvalue weighted by atomic mass is 16.5. The van der Waals surface area contributed by atoms with E-state index in [1.54, 1.807) is 24.3 Å². The molecule has 5 heteroatoms. The molecule has 0 aromatic heterocycles. The van der Waals surface area contributed by atoms with Crippen LogP contribution in [0.4, 0.5) is 0 Å². The van der Waals surface area contributed by atoms with Gasteiger partial charge in [-0.05, 0) is 49.1 Å². The van der Waals surface area contributed by atoms with Crippen LogP contribution in [0.25, 0.3) is 0 Å². The highest BCUT2D eigenvalue weighted by Crippen LogP contribution is 2.18. The van der Waals surface area contributed by atoms with Crippen LogP contribution in [0.5, 0.6) is 0 Å². The largest absolute Gasteiger partial charge is 0.462 e. The van der Waals surface area contributed by atoms with Crippen molar-refractivity contribution in [3.8, 4) is 0 Å². The second-order valence-corrected chi connectivity index (χ2v) is 10.2. The summed E-state index contributed by atoms with van der Waals surface area (Å²) in [5.41, 5.74) is 0.582. The van der Waals surface area contributed by atoms with E-state index in [0.717, 1.165) is 57.8 Å². The summed E-state index contributed by atoms with van der Waals surface area (Å²) in [6.45, 7) is 14.0. The van der Waals surface area contributed by atoms with Gasteiger partial charge in [-0.25, -0.2) is 9.59 Å². The van der Waals surface area contributed by atoms with Crippen molar-refractivity contribution < 1.29 is 24.2 Å². The van der Waals surface area contributed by atoms with Crippen molar-refractivity contribution in [2.75, 3.05) is 19.8 Å². The van der Waals surface area contributed by atoms with Crippen LogP contribution >= 0.6 is 0 Å². The van der Waals surface area contributed by atoms with Gasteiger partial charge in [0.15, 0.2) is 0 Å². The van der Waals surface area contributed by atoms with Crippen LogP contribution in [0, 0.1) is 17.8 Å². The molecule has 1 aromatic carbocycles. The fraction of sp³-hybridized carbons (Fsp3) is 0.750. The zero-order valence-corrected chi connectivity index (χ0v) is 24.7. The van der Waals surface area contributed by atoms with E-state index in [-0.39, 0.29) is 0 Å². The molecule has 0 aliphatic carbocycles. The summed E-state index contributed by atoms with van der Waals surface area (Å²) in [4.78, 5) is 25.1. The lowest BCUT2D eigenvalue weighted by molar-refractivity contribution is 0.0381. The molecule has 3 atom stereocenters. The fourth-order valence-corrected chi connectivity index (χ4v) is 4.10. The molecular formula is C32H56O5. The monoisotopic (exact) mass is 520 g/mol. The predicted molar refractivity (Wildman–Crippen MR) is 154 cm³/mol. The van der Waals surface area contributed by atoms with Gasteiger partial charge in [-0.3, -0.25) is 0 Å². The minimum absolute atomic E-state index is 0.291. The van der Waals surface area contributed by atoms with Gasteiger partial charge in [-0.1, -0.05) is 111 Å². The Morgan fingerprint density at radius 3 is 1.30 bits per heavy atom. The molecule has 0 saturated heterocycles. The van der Waals surface area contributed by atoms with Crippen LogP contribution in [0.1, 0.15) is 139 Å². The first kappa shape index (κ1) is 35.1. The maximum Gasteiger partial charge on any atom is 0.339 e. The van der Waals surface area contributed by atoms with Gasteiger partial charge in [-0.15, -0.1) is 0 Å². The SMILES string of the molecule is CCCCC(CC)CO.CCCCC(CC)COC(=O)c1ccccc1C(=O)OCC(CC)CCCC. The molecule has 3 unspecified atom stereocenters. The highest BCUT2D eigenvalue weighted by Gasteiger charge is 2.21. The van der Waals surface area contributed by atoms with Crippen molar-refractivity contribution in [2.45, 2.75) is 119 Å². The third kappa shape index (κ3) is 15.9. The smallest absolute Gasteiger partial charge is 0.339 e. The second-order valence-electron chi connectivity index (χ2n) is 10.2. The van der Waals surface area contributed by atoms with Crippen LogP contribution in [0.2, 0.25) is 0 Å². The molecule has 1 aromatic rings. The maximum absolute atomic E-state index is 12.6. The second kappa shape index (κ2) is 23.3. The van der Waals surface area contributed by atoms with Crippen LogP contribution in [0.3, 0.4) is 0 Å². The normalized spacial score (nSPS) is 13.2. The number of aliphatic hydroxyl groups is 1. The number of carbonyl (C=O) groups excluding carboxylic acids is 2. The zero-order valence-electron chi connectivity index (χ0n) is 24.7. The first-order chi connectivity index (χ1) is 17.9. The quantitative estimate of drug-likeness (QED) is 0.185. The average Bonchev–Trinajstić information content (AvgIpc) is 2.94. The summed E-state index contributed by atoms with van der Waals surface area (Å²) >= 11 is 0. The molecule has 5 nitrogen and oxygen atoms in total. The van der Waals surface area contributed by atoms with Crippen molar-refractivity contribution in [2.24, 2.45) is 17.8 Å². The Morgan fingerprint density at radius 2 is 1.00 bits per heavy atom. The van der Waals surface area contributed by atoms with Gasteiger partial charge in [-0.2, -0.15) is 0 Å². The van der Waals surface area contributed by atoms with Gasteiger partial charge in [0.2, 0.25) is 0 Å². The van der Waals surface area contributed by atoms with Crippen molar-refractivity contribution in [3.63, 3.8) is 0 Å². The summed E-state index contributed by atoms with van der Waals surface area (Å²) in [6.07, 6.45) is 13.4. The maximum atomic E-state index is 12.6. The Kier molecular flexibility index (Phi) is 22.1. The Labute approximate surface area is 227 Å². The van der Waals surface area contributed by atoms with E-state index in [9.17, 15) is 9.59 Å². The molecule has 0 spiro atoms. The molecule has 1 N–H and O–H groups in total. The van der Waals surface area contributed by atoms with Gasteiger partial charge in [0, 0.05) is 6.61 Å². The van der Waals surface area contributed by atoms with Crippen LogP contribution in [-0.2, 0) is 9.47 Å². The number of hydrogen-bond acceptors (Lipinski definition) is 5.